The summed E-state index contributed by atoms with van der Waals surface area (Å²) in [7, 11) is 0. The molecule has 0 aromatic carbocycles. The van der Waals surface area contributed by atoms with Crippen LogP contribution in [0.25, 0.3) is 0 Å². The van der Waals surface area contributed by atoms with Gasteiger partial charge in [-0.1, -0.05) is 6.92 Å². The highest BCUT2D eigenvalue weighted by Crippen LogP contribution is 2.31. The summed E-state index contributed by atoms with van der Waals surface area (Å²) in [6, 6.07) is 0.400. The zero-order chi connectivity index (χ0) is 12.1. The van der Waals surface area contributed by atoms with Crippen molar-refractivity contribution in [3.63, 3.8) is 0 Å². The summed E-state index contributed by atoms with van der Waals surface area (Å²) < 4.78 is 5.74. The van der Waals surface area contributed by atoms with Gasteiger partial charge in [-0.3, -0.25) is 0 Å². The molecule has 1 aliphatic heterocycles. The summed E-state index contributed by atoms with van der Waals surface area (Å²) in [5, 5.41) is 4.63. The SMILES string of the molecule is CCCNC(C)c1cnc(C2CSCCO2)s1. The molecule has 0 bridgehead atoms. The molecule has 2 heterocycles. The fourth-order valence-electron chi connectivity index (χ4n) is 1.74. The van der Waals surface area contributed by atoms with Crippen LogP contribution in [0.4, 0.5) is 0 Å². The maximum absolute atomic E-state index is 5.74. The molecule has 5 heteroatoms. The summed E-state index contributed by atoms with van der Waals surface area (Å²) in [5.41, 5.74) is 0. The van der Waals surface area contributed by atoms with Gasteiger partial charge in [0.15, 0.2) is 0 Å². The van der Waals surface area contributed by atoms with E-state index in [4.69, 9.17) is 4.74 Å². The van der Waals surface area contributed by atoms with Crippen LogP contribution in [-0.4, -0.2) is 29.6 Å². The van der Waals surface area contributed by atoms with Gasteiger partial charge < -0.3 is 10.1 Å². The maximum atomic E-state index is 5.74. The van der Waals surface area contributed by atoms with Crippen molar-refractivity contribution in [1.82, 2.24) is 10.3 Å². The van der Waals surface area contributed by atoms with E-state index in [0.29, 0.717) is 6.04 Å². The monoisotopic (exact) mass is 272 g/mol. The summed E-state index contributed by atoms with van der Waals surface area (Å²) in [4.78, 5) is 5.82. The predicted octanol–water partition coefficient (Wildman–Crippen LogP) is 3.01. The molecule has 1 aromatic heterocycles. The molecule has 1 fully saturated rings. The Morgan fingerprint density at radius 3 is 3.24 bits per heavy atom. The normalized spacial score (nSPS) is 22.6. The van der Waals surface area contributed by atoms with E-state index in [1.165, 1.54) is 11.3 Å². The van der Waals surface area contributed by atoms with Crippen LogP contribution >= 0.6 is 23.1 Å². The van der Waals surface area contributed by atoms with Crippen molar-refractivity contribution in [2.45, 2.75) is 32.4 Å². The van der Waals surface area contributed by atoms with Gasteiger partial charge in [0.25, 0.3) is 0 Å². The largest absolute Gasteiger partial charge is 0.369 e. The molecule has 3 nitrogen and oxygen atoms in total. The molecule has 17 heavy (non-hydrogen) atoms. The zero-order valence-electron chi connectivity index (χ0n) is 10.4. The van der Waals surface area contributed by atoms with Crippen molar-refractivity contribution in [1.29, 1.82) is 0 Å². The number of hydrogen-bond acceptors (Lipinski definition) is 5. The number of aromatic nitrogens is 1. The van der Waals surface area contributed by atoms with E-state index in [2.05, 4.69) is 24.1 Å². The molecule has 96 valence electrons. The lowest BCUT2D eigenvalue weighted by atomic mass is 10.3. The molecule has 0 radical (unpaired) electrons. The maximum Gasteiger partial charge on any atom is 0.123 e. The Hall–Kier alpha value is -0.100. The fourth-order valence-corrected chi connectivity index (χ4v) is 3.69. The average molecular weight is 272 g/mol. The van der Waals surface area contributed by atoms with Gasteiger partial charge in [0, 0.05) is 28.6 Å². The number of rotatable bonds is 5. The van der Waals surface area contributed by atoms with E-state index < -0.39 is 0 Å². The highest BCUT2D eigenvalue weighted by atomic mass is 32.2. The van der Waals surface area contributed by atoms with Crippen LogP contribution in [0.15, 0.2) is 6.20 Å². The van der Waals surface area contributed by atoms with E-state index in [-0.39, 0.29) is 6.10 Å². The lowest BCUT2D eigenvalue weighted by Gasteiger charge is -2.20. The second kappa shape index (κ2) is 6.73. The van der Waals surface area contributed by atoms with E-state index in [0.717, 1.165) is 29.7 Å². The second-order valence-electron chi connectivity index (χ2n) is 4.21. The third-order valence-electron chi connectivity index (χ3n) is 2.76. The molecular weight excluding hydrogens is 252 g/mol. The van der Waals surface area contributed by atoms with E-state index in [1.54, 1.807) is 11.3 Å². The van der Waals surface area contributed by atoms with Crippen molar-refractivity contribution in [3.05, 3.63) is 16.1 Å². The van der Waals surface area contributed by atoms with Gasteiger partial charge in [-0.15, -0.1) is 11.3 Å². The smallest absolute Gasteiger partial charge is 0.123 e. The molecular formula is C12H20N2OS2. The van der Waals surface area contributed by atoms with Crippen molar-refractivity contribution in [2.24, 2.45) is 0 Å². The lowest BCUT2D eigenvalue weighted by Crippen LogP contribution is -2.18. The first-order chi connectivity index (χ1) is 8.31. The Balaban J connectivity index is 1.94. The number of nitrogens with one attached hydrogen (secondary N) is 1. The fraction of sp³-hybridized carbons (Fsp3) is 0.750. The Morgan fingerprint density at radius 2 is 2.53 bits per heavy atom. The number of nitrogens with zero attached hydrogens (tertiary/aromatic N) is 1. The first-order valence-electron chi connectivity index (χ1n) is 6.19. The molecule has 1 aliphatic rings. The minimum atomic E-state index is 0.214. The van der Waals surface area contributed by atoms with Gasteiger partial charge in [-0.2, -0.15) is 11.8 Å². The molecule has 0 spiro atoms. The minimum Gasteiger partial charge on any atom is -0.369 e. The molecule has 0 amide bonds. The van der Waals surface area contributed by atoms with Crippen LogP contribution < -0.4 is 5.32 Å². The third kappa shape index (κ3) is 3.68. The van der Waals surface area contributed by atoms with Gasteiger partial charge in [0.2, 0.25) is 0 Å². The second-order valence-corrected chi connectivity index (χ2v) is 6.45. The third-order valence-corrected chi connectivity index (χ3v) is 5.03. The molecule has 0 aliphatic carbocycles. The van der Waals surface area contributed by atoms with Crippen molar-refractivity contribution in [3.8, 4) is 0 Å². The van der Waals surface area contributed by atoms with E-state index >= 15 is 0 Å². The molecule has 1 saturated heterocycles. The van der Waals surface area contributed by atoms with Crippen LogP contribution in [0.1, 0.15) is 42.3 Å². The first kappa shape index (κ1) is 13.3. The Bertz CT molecular complexity index is 337. The molecule has 2 atom stereocenters. The van der Waals surface area contributed by atoms with Crippen LogP contribution in [0.3, 0.4) is 0 Å². The van der Waals surface area contributed by atoms with Gasteiger partial charge in [0.05, 0.1) is 6.61 Å². The van der Waals surface area contributed by atoms with Crippen LogP contribution in [-0.2, 0) is 4.74 Å². The Labute approximate surface area is 111 Å². The Kier molecular flexibility index (Phi) is 5.28. The van der Waals surface area contributed by atoms with Gasteiger partial charge in [-0.05, 0) is 19.9 Å². The highest BCUT2D eigenvalue weighted by molar-refractivity contribution is 7.99. The van der Waals surface area contributed by atoms with E-state index in [1.807, 2.05) is 18.0 Å². The number of thioether (sulfide) groups is 1. The van der Waals surface area contributed by atoms with Gasteiger partial charge >= 0.3 is 0 Å². The summed E-state index contributed by atoms with van der Waals surface area (Å²) >= 11 is 3.74. The highest BCUT2D eigenvalue weighted by Gasteiger charge is 2.20. The van der Waals surface area contributed by atoms with Crippen LogP contribution in [0, 0.1) is 0 Å². The summed E-state index contributed by atoms with van der Waals surface area (Å²) in [6.07, 6.45) is 3.37. The van der Waals surface area contributed by atoms with Gasteiger partial charge in [-0.25, -0.2) is 4.98 Å². The Morgan fingerprint density at radius 1 is 1.65 bits per heavy atom. The van der Waals surface area contributed by atoms with Crippen molar-refractivity contribution in [2.75, 3.05) is 24.7 Å². The quantitative estimate of drug-likeness (QED) is 0.893. The standard InChI is InChI=1S/C12H20N2OS2/c1-3-4-13-9(2)11-7-14-12(17-11)10-8-16-6-5-15-10/h7,9-10,13H,3-6,8H2,1-2H3. The molecule has 2 rings (SSSR count). The van der Waals surface area contributed by atoms with Crippen molar-refractivity contribution < 1.29 is 4.74 Å². The molecule has 0 saturated carbocycles. The topological polar surface area (TPSA) is 34.2 Å². The molecule has 1 aromatic rings. The van der Waals surface area contributed by atoms with Crippen LogP contribution in [0.2, 0.25) is 0 Å². The first-order valence-corrected chi connectivity index (χ1v) is 8.16. The number of hydrogen-bond donors (Lipinski definition) is 1. The van der Waals surface area contributed by atoms with Crippen LogP contribution in [0.5, 0.6) is 0 Å². The number of ether oxygens (including phenoxy) is 1. The summed E-state index contributed by atoms with van der Waals surface area (Å²) in [5.74, 6) is 2.16. The van der Waals surface area contributed by atoms with E-state index in [9.17, 15) is 0 Å². The van der Waals surface area contributed by atoms with Gasteiger partial charge in [0.1, 0.15) is 11.1 Å². The zero-order valence-corrected chi connectivity index (χ0v) is 12.1. The number of thiazole rings is 1. The molecule has 1 N–H and O–H groups in total. The molecule has 2 unspecified atom stereocenters. The average Bonchev–Trinajstić information content (AvgIpc) is 2.86. The lowest BCUT2D eigenvalue weighted by molar-refractivity contribution is 0.0755. The summed E-state index contributed by atoms with van der Waals surface area (Å²) in [6.45, 7) is 6.30. The minimum absolute atomic E-state index is 0.214. The van der Waals surface area contributed by atoms with Crippen molar-refractivity contribution >= 4 is 23.1 Å². The predicted molar refractivity (Wildman–Crippen MR) is 74.8 cm³/mol.